The Morgan fingerprint density at radius 1 is 1.05 bits per heavy atom. The van der Waals surface area contributed by atoms with Gasteiger partial charge in [-0.1, -0.05) is 35.9 Å². The van der Waals surface area contributed by atoms with Crippen LogP contribution in [0.4, 0.5) is 0 Å². The molecule has 0 aliphatic rings. The third-order valence-corrected chi connectivity index (χ3v) is 3.38. The zero-order valence-electron chi connectivity index (χ0n) is 12.2. The van der Waals surface area contributed by atoms with E-state index in [1.54, 1.807) is 36.4 Å². The maximum Gasteiger partial charge on any atom is 0.364 e. The van der Waals surface area contributed by atoms with Crippen LogP contribution in [0, 0.1) is 6.92 Å². The van der Waals surface area contributed by atoms with Gasteiger partial charge >= 0.3 is 5.97 Å². The van der Waals surface area contributed by atoms with Gasteiger partial charge in [0.25, 0.3) is 5.56 Å². The van der Waals surface area contributed by atoms with Crippen LogP contribution >= 0.6 is 0 Å². The van der Waals surface area contributed by atoms with Gasteiger partial charge in [-0.05, 0) is 25.1 Å². The molecule has 0 bridgehead atoms. The number of aromatic nitrogens is 2. The number of fused-ring (bicyclic) bond motifs is 1. The number of nitrogens with zero attached hydrogens (tertiary/aromatic N) is 2. The molecule has 0 saturated carbocycles. The molecule has 1 heterocycles. The lowest BCUT2D eigenvalue weighted by atomic mass is 10.1. The summed E-state index contributed by atoms with van der Waals surface area (Å²) in [6.07, 6.45) is 0. The molecule has 0 aliphatic carbocycles. The molecule has 0 amide bonds. The lowest BCUT2D eigenvalue weighted by molar-refractivity contribution is 0.0728. The van der Waals surface area contributed by atoms with Gasteiger partial charge in [0.05, 0.1) is 5.39 Å². The predicted octanol–water partition coefficient (Wildman–Crippen LogP) is 2.46. The zero-order valence-corrected chi connectivity index (χ0v) is 12.2. The summed E-state index contributed by atoms with van der Waals surface area (Å²) in [7, 11) is 1.51. The summed E-state index contributed by atoms with van der Waals surface area (Å²) in [5.41, 5.74) is 0.950. The van der Waals surface area contributed by atoms with Crippen molar-refractivity contribution < 1.29 is 9.53 Å². The van der Waals surface area contributed by atoms with Crippen molar-refractivity contribution in [2.24, 2.45) is 7.05 Å². The number of hydrogen-bond acceptors (Lipinski definition) is 4. The first-order valence-electron chi connectivity index (χ1n) is 6.81. The van der Waals surface area contributed by atoms with Gasteiger partial charge in [-0.3, -0.25) is 4.79 Å². The van der Waals surface area contributed by atoms with Gasteiger partial charge in [-0.15, -0.1) is 0 Å². The second-order valence-electron chi connectivity index (χ2n) is 5.03. The van der Waals surface area contributed by atoms with E-state index in [9.17, 15) is 9.59 Å². The van der Waals surface area contributed by atoms with E-state index in [4.69, 9.17) is 4.74 Å². The van der Waals surface area contributed by atoms with Crippen molar-refractivity contribution in [2.45, 2.75) is 6.92 Å². The molecule has 0 aliphatic heterocycles. The van der Waals surface area contributed by atoms with E-state index in [0.29, 0.717) is 16.5 Å². The largest absolute Gasteiger partial charge is 0.422 e. The molecule has 3 rings (SSSR count). The number of rotatable bonds is 2. The summed E-state index contributed by atoms with van der Waals surface area (Å²) in [5, 5.41) is 4.97. The highest BCUT2D eigenvalue weighted by Crippen LogP contribution is 2.17. The molecule has 22 heavy (non-hydrogen) atoms. The quantitative estimate of drug-likeness (QED) is 0.538. The molecule has 2 aromatic carbocycles. The van der Waals surface area contributed by atoms with E-state index >= 15 is 0 Å². The lowest BCUT2D eigenvalue weighted by Gasteiger charge is -2.08. The second kappa shape index (κ2) is 5.44. The Bertz CT molecular complexity index is 911. The molecule has 0 unspecified atom stereocenters. The van der Waals surface area contributed by atoms with Crippen LogP contribution in [0.2, 0.25) is 0 Å². The van der Waals surface area contributed by atoms with E-state index < -0.39 is 5.97 Å². The number of carbonyl (C=O) groups is 1. The second-order valence-corrected chi connectivity index (χ2v) is 5.03. The smallest absolute Gasteiger partial charge is 0.364 e. The summed E-state index contributed by atoms with van der Waals surface area (Å²) in [5.74, 6) is -0.147. The van der Waals surface area contributed by atoms with Crippen LogP contribution < -0.4 is 10.3 Å². The van der Waals surface area contributed by atoms with E-state index in [0.717, 1.165) is 10.2 Å². The predicted molar refractivity (Wildman–Crippen MR) is 83.1 cm³/mol. The highest BCUT2D eigenvalue weighted by molar-refractivity contribution is 6.02. The van der Waals surface area contributed by atoms with E-state index in [1.807, 2.05) is 19.1 Å². The maximum atomic E-state index is 12.4. The van der Waals surface area contributed by atoms with Crippen LogP contribution in [0.3, 0.4) is 0 Å². The van der Waals surface area contributed by atoms with Gasteiger partial charge in [0.15, 0.2) is 5.69 Å². The summed E-state index contributed by atoms with van der Waals surface area (Å²) >= 11 is 0. The van der Waals surface area contributed by atoms with Crippen LogP contribution in [-0.4, -0.2) is 15.7 Å². The first kappa shape index (κ1) is 14.0. The Labute approximate surface area is 126 Å². The topological polar surface area (TPSA) is 61.2 Å². The first-order chi connectivity index (χ1) is 10.6. The highest BCUT2D eigenvalue weighted by atomic mass is 16.5. The first-order valence-corrected chi connectivity index (χ1v) is 6.81. The summed E-state index contributed by atoms with van der Waals surface area (Å²) in [4.78, 5) is 24.4. The third kappa shape index (κ3) is 2.48. The van der Waals surface area contributed by atoms with Crippen molar-refractivity contribution in [1.82, 2.24) is 9.78 Å². The molecular weight excluding hydrogens is 280 g/mol. The average molecular weight is 294 g/mol. The van der Waals surface area contributed by atoms with Crippen LogP contribution in [-0.2, 0) is 7.05 Å². The third-order valence-electron chi connectivity index (χ3n) is 3.38. The summed E-state index contributed by atoms with van der Waals surface area (Å²) < 4.78 is 6.49. The van der Waals surface area contributed by atoms with Crippen molar-refractivity contribution >= 4 is 16.7 Å². The minimum absolute atomic E-state index is 0.123. The Balaban J connectivity index is 2.06. The van der Waals surface area contributed by atoms with Crippen LogP contribution in [0.25, 0.3) is 10.8 Å². The molecular formula is C17H14N2O3. The summed E-state index contributed by atoms with van der Waals surface area (Å²) in [6, 6.07) is 14.0. The maximum absolute atomic E-state index is 12.4. The monoisotopic (exact) mass is 294 g/mol. The van der Waals surface area contributed by atoms with E-state index in [1.165, 1.54) is 7.05 Å². The van der Waals surface area contributed by atoms with Crippen molar-refractivity contribution in [3.05, 3.63) is 70.1 Å². The van der Waals surface area contributed by atoms with E-state index in [-0.39, 0.29) is 11.3 Å². The van der Waals surface area contributed by atoms with Crippen LogP contribution in [0.5, 0.6) is 5.75 Å². The van der Waals surface area contributed by atoms with Gasteiger partial charge in [0.2, 0.25) is 0 Å². The summed E-state index contributed by atoms with van der Waals surface area (Å²) in [6.45, 7) is 1.95. The molecule has 5 heteroatoms. The Kier molecular flexibility index (Phi) is 3.47. The number of carbonyl (C=O) groups excluding carboxylic acids is 1. The Hall–Kier alpha value is -2.95. The standard InChI is InChI=1S/C17H14N2O3/c1-11-7-9-12(10-8-11)22-17(21)15-13-5-3-4-6-14(13)16(20)19(2)18-15/h3-10H,1-2H3. The molecule has 0 atom stereocenters. The molecule has 1 aromatic heterocycles. The van der Waals surface area contributed by atoms with Gasteiger partial charge in [-0.2, -0.15) is 5.10 Å². The Morgan fingerprint density at radius 3 is 2.36 bits per heavy atom. The number of hydrogen-bond donors (Lipinski definition) is 0. The van der Waals surface area contributed by atoms with Gasteiger partial charge < -0.3 is 4.74 Å². The molecule has 0 radical (unpaired) electrons. The number of aryl methyl sites for hydroxylation is 2. The highest BCUT2D eigenvalue weighted by Gasteiger charge is 2.17. The number of benzene rings is 2. The molecule has 0 fully saturated rings. The normalized spacial score (nSPS) is 10.6. The minimum Gasteiger partial charge on any atom is -0.422 e. The molecule has 5 nitrogen and oxygen atoms in total. The Morgan fingerprint density at radius 2 is 1.68 bits per heavy atom. The number of ether oxygens (including phenoxy) is 1. The van der Waals surface area contributed by atoms with Crippen molar-refractivity contribution in [3.8, 4) is 5.75 Å². The zero-order chi connectivity index (χ0) is 15.7. The van der Waals surface area contributed by atoms with Crippen LogP contribution in [0.1, 0.15) is 16.1 Å². The molecule has 0 spiro atoms. The molecule has 0 N–H and O–H groups in total. The fourth-order valence-corrected chi connectivity index (χ4v) is 2.21. The van der Waals surface area contributed by atoms with E-state index in [2.05, 4.69) is 5.10 Å². The molecule has 3 aromatic rings. The molecule has 0 saturated heterocycles. The van der Waals surface area contributed by atoms with Crippen molar-refractivity contribution in [2.75, 3.05) is 0 Å². The van der Waals surface area contributed by atoms with Gasteiger partial charge in [0.1, 0.15) is 5.75 Å². The van der Waals surface area contributed by atoms with Gasteiger partial charge in [-0.25, -0.2) is 9.48 Å². The number of esters is 1. The minimum atomic E-state index is -0.587. The van der Waals surface area contributed by atoms with Crippen molar-refractivity contribution in [1.29, 1.82) is 0 Å². The molecule has 110 valence electrons. The fourth-order valence-electron chi connectivity index (χ4n) is 2.21. The van der Waals surface area contributed by atoms with Crippen molar-refractivity contribution in [3.63, 3.8) is 0 Å². The SMILES string of the molecule is Cc1ccc(OC(=O)c2nn(C)c(=O)c3ccccc23)cc1. The fraction of sp³-hybridized carbons (Fsp3) is 0.118. The average Bonchev–Trinajstić information content (AvgIpc) is 2.53. The van der Waals surface area contributed by atoms with Gasteiger partial charge in [0, 0.05) is 12.4 Å². The lowest BCUT2D eigenvalue weighted by Crippen LogP contribution is -2.24. The van der Waals surface area contributed by atoms with Crippen LogP contribution in [0.15, 0.2) is 53.3 Å².